The van der Waals surface area contributed by atoms with Crippen molar-refractivity contribution < 1.29 is 9.53 Å². The van der Waals surface area contributed by atoms with Crippen LogP contribution >= 0.6 is 0 Å². The van der Waals surface area contributed by atoms with Crippen molar-refractivity contribution in [2.45, 2.75) is 59.5 Å². The van der Waals surface area contributed by atoms with Gasteiger partial charge in [-0.25, -0.2) is 0 Å². The summed E-state index contributed by atoms with van der Waals surface area (Å²) in [5.74, 6) is 0.408. The molecule has 0 fully saturated rings. The van der Waals surface area contributed by atoms with Gasteiger partial charge in [-0.2, -0.15) is 0 Å². The van der Waals surface area contributed by atoms with Crippen LogP contribution in [0.15, 0.2) is 0 Å². The number of carbonyl (C=O) groups excluding carboxylic acids is 1. The zero-order valence-electron chi connectivity index (χ0n) is 10.7. The fraction of sp³-hybridized carbons (Fsp3) is 0.917. The number of ether oxygens (including phenoxy) is 1. The predicted octanol–water partition coefficient (Wildman–Crippen LogP) is 2.35. The summed E-state index contributed by atoms with van der Waals surface area (Å²) in [6, 6.07) is 0.193. The van der Waals surface area contributed by atoms with Crippen molar-refractivity contribution in [3.8, 4) is 0 Å². The Hall–Kier alpha value is -0.570. The molecule has 0 bridgehead atoms. The smallest absolute Gasteiger partial charge is 0.323 e. The van der Waals surface area contributed by atoms with Gasteiger partial charge in [0.1, 0.15) is 6.04 Å². The Bertz CT molecular complexity index is 180. The van der Waals surface area contributed by atoms with E-state index in [4.69, 9.17) is 4.74 Å². The number of rotatable bonds is 7. The normalized spacial score (nSPS) is 15.1. The maximum Gasteiger partial charge on any atom is 0.323 e. The molecule has 0 aliphatic rings. The van der Waals surface area contributed by atoms with Gasteiger partial charge in [0.15, 0.2) is 0 Å². The van der Waals surface area contributed by atoms with Crippen molar-refractivity contribution in [2.75, 3.05) is 6.61 Å². The second-order valence-electron chi connectivity index (χ2n) is 4.29. The molecule has 0 saturated heterocycles. The molecule has 3 heteroatoms. The van der Waals surface area contributed by atoms with Gasteiger partial charge in [-0.15, -0.1) is 0 Å². The Morgan fingerprint density at radius 2 is 1.87 bits per heavy atom. The van der Waals surface area contributed by atoms with Gasteiger partial charge >= 0.3 is 5.97 Å². The molecular formula is C12H25NO2. The number of esters is 1. The van der Waals surface area contributed by atoms with Crippen molar-refractivity contribution in [3.63, 3.8) is 0 Å². The summed E-state index contributed by atoms with van der Waals surface area (Å²) in [5.41, 5.74) is 0. The molecule has 0 aromatic heterocycles. The Balaban J connectivity index is 4.19. The summed E-state index contributed by atoms with van der Waals surface area (Å²) < 4.78 is 5.04. The number of hydrogen-bond acceptors (Lipinski definition) is 3. The summed E-state index contributed by atoms with van der Waals surface area (Å²) in [4.78, 5) is 11.6. The maximum absolute atomic E-state index is 11.6. The van der Waals surface area contributed by atoms with Crippen LogP contribution in [-0.4, -0.2) is 24.7 Å². The van der Waals surface area contributed by atoms with E-state index in [0.29, 0.717) is 18.6 Å². The first-order valence-corrected chi connectivity index (χ1v) is 5.95. The molecule has 0 amide bonds. The third-order valence-electron chi connectivity index (χ3n) is 2.61. The fourth-order valence-electron chi connectivity index (χ4n) is 1.31. The maximum atomic E-state index is 11.6. The minimum atomic E-state index is -0.146. The highest BCUT2D eigenvalue weighted by Gasteiger charge is 2.21. The molecule has 90 valence electrons. The van der Waals surface area contributed by atoms with Crippen molar-refractivity contribution in [1.29, 1.82) is 0 Å². The Morgan fingerprint density at radius 1 is 1.27 bits per heavy atom. The van der Waals surface area contributed by atoms with E-state index < -0.39 is 0 Å². The van der Waals surface area contributed by atoms with Crippen molar-refractivity contribution in [1.82, 2.24) is 5.32 Å². The summed E-state index contributed by atoms with van der Waals surface area (Å²) >= 11 is 0. The molecule has 0 aromatic rings. The third kappa shape index (κ3) is 5.78. The van der Waals surface area contributed by atoms with E-state index >= 15 is 0 Å². The molecule has 2 atom stereocenters. The zero-order chi connectivity index (χ0) is 11.8. The van der Waals surface area contributed by atoms with E-state index in [9.17, 15) is 4.79 Å². The van der Waals surface area contributed by atoms with Gasteiger partial charge in [0, 0.05) is 6.04 Å². The molecule has 0 aliphatic carbocycles. The van der Waals surface area contributed by atoms with Gasteiger partial charge in [0.25, 0.3) is 0 Å². The van der Waals surface area contributed by atoms with Gasteiger partial charge in [-0.1, -0.05) is 27.2 Å². The molecule has 3 nitrogen and oxygen atoms in total. The largest absolute Gasteiger partial charge is 0.465 e. The lowest BCUT2D eigenvalue weighted by Gasteiger charge is -2.24. The van der Waals surface area contributed by atoms with Gasteiger partial charge in [-0.05, 0) is 26.2 Å². The minimum absolute atomic E-state index is 0.119. The van der Waals surface area contributed by atoms with E-state index in [0.717, 1.165) is 12.8 Å². The first kappa shape index (κ1) is 14.4. The average molecular weight is 215 g/mol. The van der Waals surface area contributed by atoms with Gasteiger partial charge in [0.2, 0.25) is 0 Å². The van der Waals surface area contributed by atoms with Crippen LogP contribution in [0.1, 0.15) is 47.5 Å². The standard InChI is InChI=1S/C12H25NO2/c1-6-8-11(12(14)15-7-2)13-10(5)9(3)4/h9-11,13H,6-8H2,1-5H3. The first-order valence-electron chi connectivity index (χ1n) is 5.95. The SMILES string of the molecule is CCCC(NC(C)C(C)C)C(=O)OCC. The van der Waals surface area contributed by atoms with E-state index in [-0.39, 0.29) is 12.0 Å². The molecule has 0 aliphatic heterocycles. The molecule has 15 heavy (non-hydrogen) atoms. The second kappa shape index (κ2) is 7.69. The molecule has 1 N–H and O–H groups in total. The molecule has 2 unspecified atom stereocenters. The summed E-state index contributed by atoms with van der Waals surface area (Å²) in [6.07, 6.45) is 1.83. The fourth-order valence-corrected chi connectivity index (χ4v) is 1.31. The summed E-state index contributed by atoms with van der Waals surface area (Å²) in [7, 11) is 0. The summed E-state index contributed by atoms with van der Waals surface area (Å²) in [6.45, 7) is 10.8. The number of carbonyl (C=O) groups is 1. The van der Waals surface area contributed by atoms with Gasteiger partial charge in [-0.3, -0.25) is 4.79 Å². The Labute approximate surface area is 93.6 Å². The van der Waals surface area contributed by atoms with Gasteiger partial charge in [0.05, 0.1) is 6.61 Å². The van der Waals surface area contributed by atoms with E-state index in [1.54, 1.807) is 0 Å². The van der Waals surface area contributed by atoms with Crippen LogP contribution in [0.4, 0.5) is 0 Å². The van der Waals surface area contributed by atoms with Crippen LogP contribution in [-0.2, 0) is 9.53 Å². The topological polar surface area (TPSA) is 38.3 Å². The van der Waals surface area contributed by atoms with Crippen LogP contribution in [0.3, 0.4) is 0 Å². The van der Waals surface area contributed by atoms with Crippen molar-refractivity contribution in [2.24, 2.45) is 5.92 Å². The minimum Gasteiger partial charge on any atom is -0.465 e. The molecular weight excluding hydrogens is 190 g/mol. The monoisotopic (exact) mass is 215 g/mol. The molecule has 0 rings (SSSR count). The Kier molecular flexibility index (Phi) is 7.39. The lowest BCUT2D eigenvalue weighted by Crippen LogP contribution is -2.45. The molecule has 0 saturated carbocycles. The van der Waals surface area contributed by atoms with Crippen molar-refractivity contribution in [3.05, 3.63) is 0 Å². The molecule has 0 spiro atoms. The van der Waals surface area contributed by atoms with Crippen molar-refractivity contribution >= 4 is 5.97 Å². The van der Waals surface area contributed by atoms with Gasteiger partial charge < -0.3 is 10.1 Å². The second-order valence-corrected chi connectivity index (χ2v) is 4.29. The third-order valence-corrected chi connectivity index (χ3v) is 2.61. The average Bonchev–Trinajstić information content (AvgIpc) is 2.17. The van der Waals surface area contributed by atoms with E-state index in [1.807, 2.05) is 6.92 Å². The first-order chi connectivity index (χ1) is 7.02. The van der Waals surface area contributed by atoms with Crippen LogP contribution in [0, 0.1) is 5.92 Å². The zero-order valence-corrected chi connectivity index (χ0v) is 10.7. The highest BCUT2D eigenvalue weighted by Crippen LogP contribution is 2.06. The lowest BCUT2D eigenvalue weighted by molar-refractivity contribution is -0.146. The molecule has 0 aromatic carbocycles. The highest BCUT2D eigenvalue weighted by atomic mass is 16.5. The van der Waals surface area contributed by atoms with E-state index in [1.165, 1.54) is 0 Å². The molecule has 0 radical (unpaired) electrons. The number of hydrogen-bond donors (Lipinski definition) is 1. The van der Waals surface area contributed by atoms with Crippen LogP contribution in [0.25, 0.3) is 0 Å². The summed E-state index contributed by atoms with van der Waals surface area (Å²) in [5, 5.41) is 3.33. The van der Waals surface area contributed by atoms with Crippen LogP contribution < -0.4 is 5.32 Å². The van der Waals surface area contributed by atoms with Crippen LogP contribution in [0.2, 0.25) is 0 Å². The lowest BCUT2D eigenvalue weighted by atomic mass is 10.0. The van der Waals surface area contributed by atoms with Crippen LogP contribution in [0.5, 0.6) is 0 Å². The quantitative estimate of drug-likeness (QED) is 0.662. The Morgan fingerprint density at radius 3 is 2.27 bits per heavy atom. The van der Waals surface area contributed by atoms with E-state index in [2.05, 4.69) is 33.0 Å². The highest BCUT2D eigenvalue weighted by molar-refractivity contribution is 5.75. The molecule has 0 heterocycles. The number of nitrogens with one attached hydrogen (secondary N) is 1. The predicted molar refractivity (Wildman–Crippen MR) is 62.8 cm³/mol.